The third-order valence-electron chi connectivity index (χ3n) is 5.12. The normalized spacial score (nSPS) is 13.4. The van der Waals surface area contributed by atoms with Crippen LogP contribution >= 0.6 is 11.6 Å². The number of hydrogen-bond donors (Lipinski definition) is 2. The number of carbonyl (C=O) groups is 2. The molecule has 0 unspecified atom stereocenters. The number of fused-ring (bicyclic) bond motifs is 1. The number of aryl methyl sites for hydroxylation is 1. The van der Waals surface area contributed by atoms with E-state index in [0.717, 1.165) is 10.1 Å². The Bertz CT molecular complexity index is 1050. The van der Waals surface area contributed by atoms with Crippen molar-refractivity contribution in [1.29, 1.82) is 0 Å². The van der Waals surface area contributed by atoms with Crippen molar-refractivity contribution in [1.82, 2.24) is 14.8 Å². The van der Waals surface area contributed by atoms with Gasteiger partial charge in [0, 0.05) is 32.7 Å². The lowest BCUT2D eigenvalue weighted by molar-refractivity contribution is 0.0732. The van der Waals surface area contributed by atoms with Gasteiger partial charge in [0.25, 0.3) is 17.4 Å². The Morgan fingerprint density at radius 1 is 1.34 bits per heavy atom. The van der Waals surface area contributed by atoms with Gasteiger partial charge < -0.3 is 19.9 Å². The van der Waals surface area contributed by atoms with Crippen LogP contribution < -0.4 is 10.9 Å². The third-order valence-corrected chi connectivity index (χ3v) is 5.41. The topological polar surface area (TPSA) is 91.6 Å². The summed E-state index contributed by atoms with van der Waals surface area (Å²) in [7, 11) is 2.82. The van der Waals surface area contributed by atoms with Crippen molar-refractivity contribution in [2.24, 2.45) is 7.05 Å². The Labute approximate surface area is 171 Å². The minimum absolute atomic E-state index is 0.0490. The summed E-state index contributed by atoms with van der Waals surface area (Å²) in [5.74, 6) is -2.10. The summed E-state index contributed by atoms with van der Waals surface area (Å²) >= 11 is 5.79. The van der Waals surface area contributed by atoms with E-state index in [1.807, 2.05) is 0 Å². The number of benzene rings is 1. The van der Waals surface area contributed by atoms with Gasteiger partial charge in [-0.1, -0.05) is 17.7 Å². The number of nitrogens with one attached hydrogen (secondary N) is 1. The van der Waals surface area contributed by atoms with E-state index in [1.54, 1.807) is 17.0 Å². The number of amides is 2. The Hall–Kier alpha value is -2.87. The van der Waals surface area contributed by atoms with E-state index < -0.39 is 28.9 Å². The van der Waals surface area contributed by atoms with E-state index in [2.05, 4.69) is 5.32 Å². The van der Waals surface area contributed by atoms with Crippen molar-refractivity contribution in [3.05, 3.63) is 61.8 Å². The molecule has 2 heterocycles. The van der Waals surface area contributed by atoms with Gasteiger partial charge in [0.15, 0.2) is 5.75 Å². The molecule has 1 aromatic carbocycles. The van der Waals surface area contributed by atoms with Crippen molar-refractivity contribution in [3.63, 3.8) is 0 Å². The van der Waals surface area contributed by atoms with Crippen LogP contribution in [0, 0.1) is 5.82 Å². The maximum Gasteiger partial charge on any atom is 0.293 e. The quantitative estimate of drug-likeness (QED) is 0.771. The summed E-state index contributed by atoms with van der Waals surface area (Å²) in [6.07, 6.45) is 1.52. The highest BCUT2D eigenvalue weighted by Crippen LogP contribution is 2.27. The number of pyridine rings is 1. The van der Waals surface area contributed by atoms with Crippen LogP contribution in [0.3, 0.4) is 0 Å². The second-order valence-electron chi connectivity index (χ2n) is 6.89. The number of aromatic hydroxyl groups is 1. The molecule has 154 valence electrons. The number of nitrogens with zero attached hydrogens (tertiary/aromatic N) is 2. The maximum atomic E-state index is 13.3. The van der Waals surface area contributed by atoms with E-state index >= 15 is 0 Å². The van der Waals surface area contributed by atoms with Crippen molar-refractivity contribution < 1.29 is 19.1 Å². The molecule has 7 nitrogen and oxygen atoms in total. The lowest BCUT2D eigenvalue weighted by atomic mass is 9.95. The minimum atomic E-state index is -0.793. The first kappa shape index (κ1) is 20.9. The molecular weight excluding hydrogens is 401 g/mol. The van der Waals surface area contributed by atoms with Crippen LogP contribution in [0.2, 0.25) is 5.02 Å². The summed E-state index contributed by atoms with van der Waals surface area (Å²) in [5, 5.41) is 12.8. The fourth-order valence-electron chi connectivity index (χ4n) is 3.60. The van der Waals surface area contributed by atoms with Crippen molar-refractivity contribution in [3.8, 4) is 5.75 Å². The molecule has 0 fully saturated rings. The molecule has 3 rings (SSSR count). The van der Waals surface area contributed by atoms with Crippen LogP contribution in [0.15, 0.2) is 23.0 Å². The number of hydrogen-bond acceptors (Lipinski definition) is 4. The monoisotopic (exact) mass is 421 g/mol. The minimum Gasteiger partial charge on any atom is -0.502 e. The molecule has 1 aromatic heterocycles. The fraction of sp³-hybridized carbons (Fsp3) is 0.350. The van der Waals surface area contributed by atoms with E-state index in [1.165, 1.54) is 20.2 Å². The fourth-order valence-corrected chi connectivity index (χ4v) is 3.80. The van der Waals surface area contributed by atoms with Crippen molar-refractivity contribution >= 4 is 23.4 Å². The van der Waals surface area contributed by atoms with Gasteiger partial charge >= 0.3 is 0 Å². The smallest absolute Gasteiger partial charge is 0.293 e. The Kier molecular flexibility index (Phi) is 5.93. The van der Waals surface area contributed by atoms with Crippen LogP contribution in [0.5, 0.6) is 5.75 Å². The van der Waals surface area contributed by atoms with Gasteiger partial charge in [-0.3, -0.25) is 14.4 Å². The highest BCUT2D eigenvalue weighted by atomic mass is 35.5. The summed E-state index contributed by atoms with van der Waals surface area (Å²) in [4.78, 5) is 39.0. The van der Waals surface area contributed by atoms with E-state index in [4.69, 9.17) is 11.6 Å². The molecule has 0 spiro atoms. The second-order valence-corrected chi connectivity index (χ2v) is 7.30. The summed E-state index contributed by atoms with van der Waals surface area (Å²) in [6.45, 7) is 0.745. The van der Waals surface area contributed by atoms with Gasteiger partial charge in [0.1, 0.15) is 11.5 Å². The van der Waals surface area contributed by atoms with Crippen molar-refractivity contribution in [2.75, 3.05) is 20.1 Å². The number of carbonyl (C=O) groups excluding carboxylic acids is 2. The molecule has 0 saturated heterocycles. The lowest BCUT2D eigenvalue weighted by Crippen LogP contribution is -2.42. The van der Waals surface area contributed by atoms with E-state index in [-0.39, 0.29) is 16.3 Å². The van der Waals surface area contributed by atoms with Crippen LogP contribution in [0.1, 0.15) is 38.4 Å². The summed E-state index contributed by atoms with van der Waals surface area (Å²) in [5.41, 5.74) is 0.399. The Morgan fingerprint density at radius 3 is 2.72 bits per heavy atom. The molecule has 0 atom stereocenters. The average molecular weight is 422 g/mol. The Balaban J connectivity index is 1.81. The number of halogens is 2. The third kappa shape index (κ3) is 3.85. The van der Waals surface area contributed by atoms with Crippen LogP contribution in [-0.4, -0.2) is 46.5 Å². The van der Waals surface area contributed by atoms with Gasteiger partial charge in [-0.15, -0.1) is 0 Å². The number of rotatable bonds is 5. The zero-order valence-electron chi connectivity index (χ0n) is 16.1. The molecular formula is C20H21ClFN3O4. The van der Waals surface area contributed by atoms with Gasteiger partial charge in [0.05, 0.1) is 10.6 Å². The average Bonchev–Trinajstić information content (AvgIpc) is 2.70. The first-order valence-electron chi connectivity index (χ1n) is 9.16. The highest BCUT2D eigenvalue weighted by molar-refractivity contribution is 6.30. The van der Waals surface area contributed by atoms with Gasteiger partial charge in [-0.25, -0.2) is 4.39 Å². The maximum absolute atomic E-state index is 13.3. The zero-order valence-corrected chi connectivity index (χ0v) is 16.8. The summed E-state index contributed by atoms with van der Waals surface area (Å²) in [6, 6.07) is 4.49. The van der Waals surface area contributed by atoms with Gasteiger partial charge in [-0.2, -0.15) is 0 Å². The second kappa shape index (κ2) is 8.24. The molecule has 2 amide bonds. The molecule has 1 aliphatic heterocycles. The molecule has 2 aromatic rings. The lowest BCUT2D eigenvalue weighted by Gasteiger charge is -2.30. The molecule has 0 aliphatic carbocycles. The van der Waals surface area contributed by atoms with Crippen molar-refractivity contribution in [2.45, 2.75) is 19.3 Å². The van der Waals surface area contributed by atoms with E-state index in [0.29, 0.717) is 37.9 Å². The molecule has 2 N–H and O–H groups in total. The predicted octanol–water partition coefficient (Wildman–Crippen LogP) is 1.87. The zero-order chi connectivity index (χ0) is 21.3. The summed E-state index contributed by atoms with van der Waals surface area (Å²) < 4.78 is 14.3. The molecule has 29 heavy (non-hydrogen) atoms. The molecule has 9 heteroatoms. The predicted molar refractivity (Wildman–Crippen MR) is 106 cm³/mol. The Morgan fingerprint density at radius 2 is 2.07 bits per heavy atom. The van der Waals surface area contributed by atoms with E-state index in [9.17, 15) is 23.9 Å². The van der Waals surface area contributed by atoms with Crippen LogP contribution in [-0.2, 0) is 19.9 Å². The number of aromatic nitrogens is 1. The van der Waals surface area contributed by atoms with Gasteiger partial charge in [-0.05, 0) is 37.0 Å². The molecule has 0 bridgehead atoms. The molecule has 0 radical (unpaired) electrons. The first-order chi connectivity index (χ1) is 13.8. The highest BCUT2D eigenvalue weighted by Gasteiger charge is 2.33. The molecule has 0 saturated carbocycles. The van der Waals surface area contributed by atoms with Crippen LogP contribution in [0.4, 0.5) is 4.39 Å². The molecule has 1 aliphatic rings. The van der Waals surface area contributed by atoms with Crippen LogP contribution in [0.25, 0.3) is 0 Å². The van der Waals surface area contributed by atoms with Gasteiger partial charge in [0.2, 0.25) is 0 Å². The SMILES string of the molecule is CNC(=O)c1c2c(c(O)c(=O)n1C)C(=O)N(CCCc1ccc(F)c(Cl)c1)CC2. The first-order valence-corrected chi connectivity index (χ1v) is 9.54. The largest absolute Gasteiger partial charge is 0.502 e. The standard InChI is InChI=1S/C20H21ClFN3O4/c1-23-18(27)16-12-7-9-25(19(28)15(12)17(26)20(29)24(16)2)8-3-4-11-5-6-14(22)13(21)10-11/h5-6,10,26H,3-4,7-9H2,1-2H3,(H,23,27).